The highest BCUT2D eigenvalue weighted by Gasteiger charge is 2.32. The molecule has 1 aliphatic rings. The number of rotatable bonds is 3. The van der Waals surface area contributed by atoms with Crippen molar-refractivity contribution in [1.29, 1.82) is 0 Å². The zero-order chi connectivity index (χ0) is 16.6. The lowest BCUT2D eigenvalue weighted by Crippen LogP contribution is -2.31. The first-order chi connectivity index (χ1) is 11.0. The molecular formula is C15H16N4O4. The largest absolute Gasteiger partial charge is 0.497 e. The van der Waals surface area contributed by atoms with Gasteiger partial charge < -0.3 is 20.5 Å². The number of anilines is 2. The van der Waals surface area contributed by atoms with Gasteiger partial charge in [-0.25, -0.2) is 0 Å². The lowest BCUT2D eigenvalue weighted by Gasteiger charge is -2.25. The van der Waals surface area contributed by atoms with E-state index in [2.05, 4.69) is 15.3 Å². The molecule has 8 nitrogen and oxygen atoms in total. The van der Waals surface area contributed by atoms with Gasteiger partial charge >= 0.3 is 0 Å². The number of H-pyrrole nitrogens is 1. The van der Waals surface area contributed by atoms with Crippen molar-refractivity contribution < 1.29 is 14.3 Å². The number of nitrogens with one attached hydrogen (secondary N) is 2. The number of carbonyl (C=O) groups excluding carboxylic acids is 1. The zero-order valence-electron chi connectivity index (χ0n) is 12.7. The first-order valence-electron chi connectivity index (χ1n) is 6.95. The molecule has 0 saturated carbocycles. The Balaban J connectivity index is 2.22. The standard InChI is InChI=1S/C15H16N4O4/c1-22-7-3-4-10(23-2)8(5-7)9-6-11(20)17-13-12(9)14(21)19-15(16)18-13/h3-5,9H,6H2,1-2H3,(H4,16,17,18,19,20,21)/t9-/m0/s1. The van der Waals surface area contributed by atoms with Gasteiger partial charge in [-0.1, -0.05) is 0 Å². The van der Waals surface area contributed by atoms with Crippen LogP contribution in [-0.4, -0.2) is 30.1 Å². The number of hydrogen-bond donors (Lipinski definition) is 3. The van der Waals surface area contributed by atoms with Gasteiger partial charge in [0.1, 0.15) is 17.3 Å². The fourth-order valence-electron chi connectivity index (χ4n) is 2.77. The van der Waals surface area contributed by atoms with Crippen molar-refractivity contribution in [3.05, 3.63) is 39.7 Å². The van der Waals surface area contributed by atoms with E-state index in [9.17, 15) is 9.59 Å². The van der Waals surface area contributed by atoms with E-state index >= 15 is 0 Å². The Morgan fingerprint density at radius 1 is 1.26 bits per heavy atom. The molecule has 2 aromatic rings. The third-order valence-corrected chi connectivity index (χ3v) is 3.78. The highest BCUT2D eigenvalue weighted by molar-refractivity contribution is 5.94. The summed E-state index contributed by atoms with van der Waals surface area (Å²) in [5, 5.41) is 2.59. The van der Waals surface area contributed by atoms with Crippen molar-refractivity contribution >= 4 is 17.7 Å². The second-order valence-corrected chi connectivity index (χ2v) is 5.13. The molecule has 120 valence electrons. The average Bonchev–Trinajstić information content (AvgIpc) is 2.52. The lowest BCUT2D eigenvalue weighted by molar-refractivity contribution is -0.116. The van der Waals surface area contributed by atoms with E-state index in [1.807, 2.05) is 0 Å². The number of benzene rings is 1. The van der Waals surface area contributed by atoms with Crippen LogP contribution in [0.25, 0.3) is 0 Å². The number of ether oxygens (including phenoxy) is 2. The number of methoxy groups -OCH3 is 2. The molecule has 1 aromatic carbocycles. The van der Waals surface area contributed by atoms with Crippen molar-refractivity contribution in [3.63, 3.8) is 0 Å². The zero-order valence-corrected chi connectivity index (χ0v) is 12.7. The molecule has 1 aliphatic heterocycles. The number of amides is 1. The van der Waals surface area contributed by atoms with E-state index in [4.69, 9.17) is 15.2 Å². The van der Waals surface area contributed by atoms with Gasteiger partial charge in [-0.3, -0.25) is 14.6 Å². The van der Waals surface area contributed by atoms with Crippen molar-refractivity contribution in [3.8, 4) is 11.5 Å². The number of aromatic amines is 1. The molecule has 1 aromatic heterocycles. The molecule has 4 N–H and O–H groups in total. The molecule has 0 saturated heterocycles. The fourth-order valence-corrected chi connectivity index (χ4v) is 2.77. The van der Waals surface area contributed by atoms with Gasteiger partial charge in [-0.05, 0) is 18.2 Å². The third-order valence-electron chi connectivity index (χ3n) is 3.78. The first kappa shape index (κ1) is 14.9. The van der Waals surface area contributed by atoms with Gasteiger partial charge in [0.2, 0.25) is 11.9 Å². The van der Waals surface area contributed by atoms with Crippen molar-refractivity contribution in [2.75, 3.05) is 25.3 Å². The molecule has 0 bridgehead atoms. The van der Waals surface area contributed by atoms with Crippen molar-refractivity contribution in [2.24, 2.45) is 0 Å². The summed E-state index contributed by atoms with van der Waals surface area (Å²) >= 11 is 0. The number of nitrogens with two attached hydrogens (primary N) is 1. The maximum Gasteiger partial charge on any atom is 0.258 e. The summed E-state index contributed by atoms with van der Waals surface area (Å²) < 4.78 is 10.6. The Morgan fingerprint density at radius 2 is 2.04 bits per heavy atom. The molecule has 1 atom stereocenters. The van der Waals surface area contributed by atoms with Crippen molar-refractivity contribution in [2.45, 2.75) is 12.3 Å². The summed E-state index contributed by atoms with van der Waals surface area (Å²) in [4.78, 5) is 30.8. The molecule has 0 radical (unpaired) electrons. The molecule has 0 spiro atoms. The Hall–Kier alpha value is -3.03. The second-order valence-electron chi connectivity index (χ2n) is 5.13. The normalized spacial score (nSPS) is 16.4. The van der Waals surface area contributed by atoms with Crippen LogP contribution in [-0.2, 0) is 4.79 Å². The minimum atomic E-state index is -0.499. The highest BCUT2D eigenvalue weighted by atomic mass is 16.5. The summed E-state index contributed by atoms with van der Waals surface area (Å²) in [5.74, 6) is 0.552. The summed E-state index contributed by atoms with van der Waals surface area (Å²) in [5.41, 5.74) is 6.20. The van der Waals surface area contributed by atoms with Gasteiger partial charge in [0.05, 0.1) is 19.8 Å². The Morgan fingerprint density at radius 3 is 2.74 bits per heavy atom. The van der Waals surface area contributed by atoms with Crippen LogP contribution < -0.4 is 26.1 Å². The van der Waals surface area contributed by atoms with E-state index in [1.165, 1.54) is 7.11 Å². The molecule has 2 heterocycles. The third kappa shape index (κ3) is 2.59. The first-order valence-corrected chi connectivity index (χ1v) is 6.95. The van der Waals surface area contributed by atoms with Gasteiger partial charge in [0.15, 0.2) is 0 Å². The summed E-state index contributed by atoms with van der Waals surface area (Å²) in [6.45, 7) is 0. The molecule has 0 unspecified atom stereocenters. The maximum absolute atomic E-state index is 12.3. The Bertz CT molecular complexity index is 831. The number of carbonyl (C=O) groups is 1. The Kier molecular flexibility index (Phi) is 3.65. The van der Waals surface area contributed by atoms with Crippen LogP contribution in [0.15, 0.2) is 23.0 Å². The van der Waals surface area contributed by atoms with Crippen LogP contribution in [0, 0.1) is 0 Å². The second kappa shape index (κ2) is 5.64. The predicted molar refractivity (Wildman–Crippen MR) is 83.9 cm³/mol. The lowest BCUT2D eigenvalue weighted by atomic mass is 9.86. The van der Waals surface area contributed by atoms with E-state index in [-0.39, 0.29) is 29.7 Å². The highest BCUT2D eigenvalue weighted by Crippen LogP contribution is 2.39. The number of nitrogens with zero attached hydrogens (tertiary/aromatic N) is 1. The van der Waals surface area contributed by atoms with Crippen LogP contribution in [0.3, 0.4) is 0 Å². The minimum Gasteiger partial charge on any atom is -0.497 e. The topological polar surface area (TPSA) is 119 Å². The monoisotopic (exact) mass is 316 g/mol. The van der Waals surface area contributed by atoms with E-state index in [0.29, 0.717) is 22.6 Å². The van der Waals surface area contributed by atoms with Gasteiger partial charge in [-0.2, -0.15) is 4.98 Å². The minimum absolute atomic E-state index is 0.0488. The van der Waals surface area contributed by atoms with Crippen molar-refractivity contribution in [1.82, 2.24) is 9.97 Å². The van der Waals surface area contributed by atoms with Gasteiger partial charge in [0, 0.05) is 17.9 Å². The molecule has 0 fully saturated rings. The fraction of sp³-hybridized carbons (Fsp3) is 0.267. The van der Waals surface area contributed by atoms with E-state index in [0.717, 1.165) is 0 Å². The molecular weight excluding hydrogens is 300 g/mol. The average molecular weight is 316 g/mol. The maximum atomic E-state index is 12.3. The smallest absolute Gasteiger partial charge is 0.258 e. The summed E-state index contributed by atoms with van der Waals surface area (Å²) in [7, 11) is 3.07. The Labute approximate surface area is 131 Å². The molecule has 3 rings (SSSR count). The number of nitrogen functional groups attached to an aromatic ring is 1. The SMILES string of the molecule is COc1ccc(OC)c([C@@H]2CC(=O)Nc3nc(N)[nH]c(=O)c32)c1. The molecule has 1 amide bonds. The molecule has 8 heteroatoms. The van der Waals surface area contributed by atoms with Crippen LogP contribution >= 0.6 is 0 Å². The molecule has 0 aliphatic carbocycles. The summed E-state index contributed by atoms with van der Waals surface area (Å²) in [6.07, 6.45) is 0.102. The number of fused-ring (bicyclic) bond motifs is 1. The van der Waals surface area contributed by atoms with Crippen LogP contribution in [0.2, 0.25) is 0 Å². The predicted octanol–water partition coefficient (Wildman–Crippen LogP) is 0.843. The molecule has 23 heavy (non-hydrogen) atoms. The van der Waals surface area contributed by atoms with Gasteiger partial charge in [0.25, 0.3) is 5.56 Å². The van der Waals surface area contributed by atoms with Crippen LogP contribution in [0.1, 0.15) is 23.5 Å². The number of hydrogen-bond acceptors (Lipinski definition) is 6. The van der Waals surface area contributed by atoms with E-state index in [1.54, 1.807) is 25.3 Å². The quantitative estimate of drug-likeness (QED) is 0.772. The number of aromatic nitrogens is 2. The van der Waals surface area contributed by atoms with Crippen LogP contribution in [0.4, 0.5) is 11.8 Å². The van der Waals surface area contributed by atoms with E-state index < -0.39 is 5.92 Å². The van der Waals surface area contributed by atoms with Gasteiger partial charge in [-0.15, -0.1) is 0 Å². The summed E-state index contributed by atoms with van der Waals surface area (Å²) in [6, 6.07) is 5.23. The van der Waals surface area contributed by atoms with Crippen LogP contribution in [0.5, 0.6) is 11.5 Å².